The van der Waals surface area contributed by atoms with Crippen molar-refractivity contribution in [3.63, 3.8) is 0 Å². The molecule has 0 unspecified atom stereocenters. The predicted molar refractivity (Wildman–Crippen MR) is 118 cm³/mol. The van der Waals surface area contributed by atoms with Crippen molar-refractivity contribution in [3.05, 3.63) is 36.0 Å². The van der Waals surface area contributed by atoms with E-state index >= 15 is 0 Å². The van der Waals surface area contributed by atoms with Gasteiger partial charge in [-0.3, -0.25) is 0 Å². The van der Waals surface area contributed by atoms with E-state index in [1.54, 1.807) is 7.11 Å². The minimum Gasteiger partial charge on any atom is -0.497 e. The van der Waals surface area contributed by atoms with Gasteiger partial charge in [-0.2, -0.15) is 4.98 Å². The van der Waals surface area contributed by atoms with Crippen LogP contribution < -0.4 is 26.0 Å². The van der Waals surface area contributed by atoms with Crippen molar-refractivity contribution in [2.75, 3.05) is 48.8 Å². The van der Waals surface area contributed by atoms with Crippen LogP contribution in [0, 0.1) is 0 Å². The van der Waals surface area contributed by atoms with Gasteiger partial charge in [0.25, 0.3) is 0 Å². The van der Waals surface area contributed by atoms with E-state index in [4.69, 9.17) is 16.2 Å². The molecule has 0 radical (unpaired) electrons. The second kappa shape index (κ2) is 9.49. The van der Waals surface area contributed by atoms with E-state index in [0.717, 1.165) is 56.3 Å². The SMILES string of the molecule is COc1cccc(N2CCN(c3cc(C4CC(N)C4)nc(N)n3)CC2)c1.Cl.Cl. The number of nitrogens with zero attached hydrogens (tertiary/aromatic N) is 4. The Morgan fingerprint density at radius 2 is 1.68 bits per heavy atom. The maximum absolute atomic E-state index is 5.96. The Kier molecular flexibility index (Phi) is 7.57. The second-order valence-electron chi connectivity index (χ2n) is 7.11. The lowest BCUT2D eigenvalue weighted by Gasteiger charge is -2.37. The molecule has 2 aromatic rings. The monoisotopic (exact) mass is 426 g/mol. The summed E-state index contributed by atoms with van der Waals surface area (Å²) in [6.45, 7) is 3.66. The standard InChI is InChI=1S/C19H26N6O.2ClH/c1-26-16-4-2-3-15(11-16)24-5-7-25(8-6-24)18-12-17(22-19(21)23-18)13-9-14(20)10-13;;/h2-4,11-14H,5-10,20H2,1H3,(H2,21,22,23);2*1H. The summed E-state index contributed by atoms with van der Waals surface area (Å²) in [6.07, 6.45) is 1.97. The van der Waals surface area contributed by atoms with Gasteiger partial charge >= 0.3 is 0 Å². The van der Waals surface area contributed by atoms with Crippen LogP contribution in [0.1, 0.15) is 24.5 Å². The molecule has 4 N–H and O–H groups in total. The summed E-state index contributed by atoms with van der Waals surface area (Å²) in [4.78, 5) is 13.6. The molecule has 28 heavy (non-hydrogen) atoms. The minimum atomic E-state index is 0. The third kappa shape index (κ3) is 4.71. The molecular weight excluding hydrogens is 399 g/mol. The number of hydrogen-bond acceptors (Lipinski definition) is 7. The molecule has 1 saturated carbocycles. The topological polar surface area (TPSA) is 93.5 Å². The molecule has 1 aliphatic carbocycles. The van der Waals surface area contributed by atoms with E-state index in [0.29, 0.717) is 17.9 Å². The molecule has 0 amide bonds. The van der Waals surface area contributed by atoms with Crippen molar-refractivity contribution in [1.82, 2.24) is 9.97 Å². The van der Waals surface area contributed by atoms with Gasteiger partial charge in [-0.1, -0.05) is 6.07 Å². The smallest absolute Gasteiger partial charge is 0.222 e. The highest BCUT2D eigenvalue weighted by atomic mass is 35.5. The summed E-state index contributed by atoms with van der Waals surface area (Å²) in [6, 6.07) is 10.6. The third-order valence-corrected chi connectivity index (χ3v) is 5.36. The number of ether oxygens (including phenoxy) is 1. The first-order valence-electron chi connectivity index (χ1n) is 9.16. The fraction of sp³-hybridized carbons (Fsp3) is 0.474. The number of rotatable bonds is 4. The van der Waals surface area contributed by atoms with Gasteiger partial charge in [0.2, 0.25) is 5.95 Å². The summed E-state index contributed by atoms with van der Waals surface area (Å²) < 4.78 is 5.33. The van der Waals surface area contributed by atoms with Gasteiger partial charge in [0, 0.05) is 56.0 Å². The van der Waals surface area contributed by atoms with Crippen LogP contribution >= 0.6 is 24.8 Å². The highest BCUT2D eigenvalue weighted by Gasteiger charge is 2.30. The van der Waals surface area contributed by atoms with Crippen LogP contribution in [0.3, 0.4) is 0 Å². The van der Waals surface area contributed by atoms with E-state index in [1.807, 2.05) is 12.1 Å². The molecule has 154 valence electrons. The second-order valence-corrected chi connectivity index (χ2v) is 7.11. The molecule has 1 aromatic heterocycles. The van der Waals surface area contributed by atoms with Crippen LogP contribution in [0.2, 0.25) is 0 Å². The molecular formula is C19H28Cl2N6O. The van der Waals surface area contributed by atoms with Crippen molar-refractivity contribution >= 4 is 42.3 Å². The average molecular weight is 427 g/mol. The zero-order valence-corrected chi connectivity index (χ0v) is 17.6. The van der Waals surface area contributed by atoms with Crippen molar-refractivity contribution in [3.8, 4) is 5.75 Å². The zero-order chi connectivity index (χ0) is 18.1. The minimum absolute atomic E-state index is 0. The predicted octanol–water partition coefficient (Wildman–Crippen LogP) is 2.44. The van der Waals surface area contributed by atoms with Gasteiger partial charge in [0.15, 0.2) is 0 Å². The Balaban J connectivity index is 0.00000140. The van der Waals surface area contributed by atoms with Gasteiger partial charge in [0.1, 0.15) is 11.6 Å². The van der Waals surface area contributed by atoms with Crippen LogP contribution in [-0.2, 0) is 0 Å². The lowest BCUT2D eigenvalue weighted by Crippen LogP contribution is -2.47. The number of methoxy groups -OCH3 is 1. The number of aromatic nitrogens is 2. The molecule has 1 aliphatic heterocycles. The fourth-order valence-electron chi connectivity index (χ4n) is 3.75. The van der Waals surface area contributed by atoms with Crippen molar-refractivity contribution < 1.29 is 4.74 Å². The van der Waals surface area contributed by atoms with Crippen molar-refractivity contribution in [2.24, 2.45) is 5.73 Å². The largest absolute Gasteiger partial charge is 0.497 e. The highest BCUT2D eigenvalue weighted by molar-refractivity contribution is 5.85. The van der Waals surface area contributed by atoms with E-state index < -0.39 is 0 Å². The first-order valence-corrected chi connectivity index (χ1v) is 9.16. The number of nitrogens with two attached hydrogens (primary N) is 2. The Bertz CT molecular complexity index is 779. The van der Waals surface area contributed by atoms with Crippen LogP contribution in [0.25, 0.3) is 0 Å². The molecule has 2 heterocycles. The normalized spacial score (nSPS) is 21.2. The zero-order valence-electron chi connectivity index (χ0n) is 16.0. The van der Waals surface area contributed by atoms with Crippen molar-refractivity contribution in [1.29, 1.82) is 0 Å². The molecule has 1 saturated heterocycles. The molecule has 9 heteroatoms. The van der Waals surface area contributed by atoms with E-state index in [9.17, 15) is 0 Å². The first-order chi connectivity index (χ1) is 12.6. The van der Waals surface area contributed by atoms with Gasteiger partial charge in [-0.05, 0) is 25.0 Å². The molecule has 4 rings (SSSR count). The number of nitrogen functional groups attached to an aromatic ring is 1. The number of hydrogen-bond donors (Lipinski definition) is 2. The molecule has 0 atom stereocenters. The van der Waals surface area contributed by atoms with Crippen LogP contribution in [-0.4, -0.2) is 49.3 Å². The number of halogens is 2. The number of benzene rings is 1. The van der Waals surface area contributed by atoms with Gasteiger partial charge in [-0.15, -0.1) is 24.8 Å². The number of anilines is 3. The van der Waals surface area contributed by atoms with Crippen LogP contribution in [0.5, 0.6) is 5.75 Å². The summed E-state index contributed by atoms with van der Waals surface area (Å²) in [5.41, 5.74) is 14.1. The number of piperazine rings is 1. The molecule has 2 aliphatic rings. The van der Waals surface area contributed by atoms with Gasteiger partial charge in [0.05, 0.1) is 12.8 Å². The van der Waals surface area contributed by atoms with Crippen molar-refractivity contribution in [2.45, 2.75) is 24.8 Å². The summed E-state index contributed by atoms with van der Waals surface area (Å²) in [7, 11) is 1.70. The summed E-state index contributed by atoms with van der Waals surface area (Å²) >= 11 is 0. The first kappa shape index (κ1) is 22.3. The Morgan fingerprint density at radius 3 is 2.32 bits per heavy atom. The maximum Gasteiger partial charge on any atom is 0.222 e. The third-order valence-electron chi connectivity index (χ3n) is 5.36. The molecule has 0 bridgehead atoms. The van der Waals surface area contributed by atoms with Crippen LogP contribution in [0.15, 0.2) is 30.3 Å². The molecule has 0 spiro atoms. The molecule has 7 nitrogen and oxygen atoms in total. The maximum atomic E-state index is 5.96. The molecule has 1 aromatic carbocycles. The molecule has 2 fully saturated rings. The van der Waals surface area contributed by atoms with Gasteiger partial charge < -0.3 is 26.0 Å². The van der Waals surface area contributed by atoms with E-state index in [1.165, 1.54) is 5.69 Å². The Morgan fingerprint density at radius 1 is 1.00 bits per heavy atom. The highest BCUT2D eigenvalue weighted by Crippen LogP contribution is 2.36. The Labute approximate surface area is 178 Å². The van der Waals surface area contributed by atoms with E-state index in [-0.39, 0.29) is 24.8 Å². The summed E-state index contributed by atoms with van der Waals surface area (Å²) in [5.74, 6) is 2.59. The lowest BCUT2D eigenvalue weighted by molar-refractivity contribution is 0.345. The van der Waals surface area contributed by atoms with Crippen LogP contribution in [0.4, 0.5) is 17.5 Å². The lowest BCUT2D eigenvalue weighted by atomic mass is 9.78. The summed E-state index contributed by atoms with van der Waals surface area (Å²) in [5, 5.41) is 0. The quantitative estimate of drug-likeness (QED) is 0.774. The van der Waals surface area contributed by atoms with E-state index in [2.05, 4.69) is 38.0 Å². The average Bonchev–Trinajstić information content (AvgIpc) is 2.65. The van der Waals surface area contributed by atoms with Gasteiger partial charge in [-0.25, -0.2) is 4.98 Å². The Hall–Kier alpha value is -1.96. The fourth-order valence-corrected chi connectivity index (χ4v) is 3.75.